The van der Waals surface area contributed by atoms with E-state index in [1.807, 2.05) is 19.1 Å². The van der Waals surface area contributed by atoms with Gasteiger partial charge in [-0.1, -0.05) is 12.1 Å². The fraction of sp³-hybridized carbons (Fsp3) is 0.278. The minimum absolute atomic E-state index is 0.0478. The second kappa shape index (κ2) is 5.96. The van der Waals surface area contributed by atoms with Crippen molar-refractivity contribution in [1.29, 1.82) is 0 Å². The molecule has 0 fully saturated rings. The first-order valence-electron chi connectivity index (χ1n) is 7.65. The van der Waals surface area contributed by atoms with Gasteiger partial charge in [0.2, 0.25) is 0 Å². The van der Waals surface area contributed by atoms with E-state index >= 15 is 0 Å². The number of benzene rings is 2. The highest BCUT2D eigenvalue weighted by Crippen LogP contribution is 2.44. The zero-order valence-corrected chi connectivity index (χ0v) is 13.7. The van der Waals surface area contributed by atoms with Gasteiger partial charge in [-0.25, -0.2) is 4.79 Å². The molecule has 0 bridgehead atoms. The standard InChI is InChI=1S/C18H17NO5/c1-4-23-15(20)8-12-9-24-18-11(3)7-14(19(21)22)16-10(2)5-6-13(12)17(16)18/h5-8H,4,9H2,1-3H3. The first-order valence-corrected chi connectivity index (χ1v) is 7.65. The second-order valence-electron chi connectivity index (χ2n) is 5.69. The summed E-state index contributed by atoms with van der Waals surface area (Å²) in [6.45, 7) is 5.86. The molecule has 1 aliphatic heterocycles. The number of rotatable bonds is 3. The van der Waals surface area contributed by atoms with Crippen LogP contribution in [0.3, 0.4) is 0 Å². The topological polar surface area (TPSA) is 78.7 Å². The monoisotopic (exact) mass is 327 g/mol. The fourth-order valence-electron chi connectivity index (χ4n) is 3.08. The number of carbonyl (C=O) groups is 1. The van der Waals surface area contributed by atoms with Crippen LogP contribution in [0.15, 0.2) is 24.3 Å². The molecule has 0 aliphatic carbocycles. The molecular formula is C18H17NO5. The van der Waals surface area contributed by atoms with E-state index in [2.05, 4.69) is 0 Å². The normalized spacial score (nSPS) is 14.5. The predicted octanol–water partition coefficient (Wildman–Crippen LogP) is 3.70. The Kier molecular flexibility index (Phi) is 3.97. The second-order valence-corrected chi connectivity index (χ2v) is 5.69. The Morgan fingerprint density at radius 2 is 2.08 bits per heavy atom. The third-order valence-electron chi connectivity index (χ3n) is 4.10. The summed E-state index contributed by atoms with van der Waals surface area (Å²) in [7, 11) is 0. The van der Waals surface area contributed by atoms with Crippen LogP contribution in [0.4, 0.5) is 5.69 Å². The first-order chi connectivity index (χ1) is 11.4. The van der Waals surface area contributed by atoms with Crippen LogP contribution >= 0.6 is 0 Å². The minimum Gasteiger partial charge on any atom is -0.488 e. The zero-order chi connectivity index (χ0) is 17.4. The lowest BCUT2D eigenvalue weighted by Crippen LogP contribution is -2.12. The first kappa shape index (κ1) is 16.0. The molecule has 0 atom stereocenters. The van der Waals surface area contributed by atoms with Gasteiger partial charge < -0.3 is 9.47 Å². The molecule has 1 aliphatic rings. The number of non-ortho nitro benzene ring substituents is 1. The van der Waals surface area contributed by atoms with Crippen molar-refractivity contribution >= 4 is 28.0 Å². The molecule has 24 heavy (non-hydrogen) atoms. The van der Waals surface area contributed by atoms with E-state index in [-0.39, 0.29) is 23.8 Å². The van der Waals surface area contributed by atoms with Gasteiger partial charge in [0.15, 0.2) is 0 Å². The third-order valence-corrected chi connectivity index (χ3v) is 4.10. The van der Waals surface area contributed by atoms with Crippen molar-refractivity contribution < 1.29 is 19.2 Å². The van der Waals surface area contributed by atoms with E-state index in [9.17, 15) is 14.9 Å². The molecule has 1 heterocycles. The van der Waals surface area contributed by atoms with Gasteiger partial charge in [-0.05, 0) is 37.5 Å². The molecule has 0 saturated heterocycles. The summed E-state index contributed by atoms with van der Waals surface area (Å²) in [5.41, 5.74) is 2.98. The van der Waals surface area contributed by atoms with E-state index in [1.54, 1.807) is 13.8 Å². The van der Waals surface area contributed by atoms with Gasteiger partial charge in [0.25, 0.3) is 5.69 Å². The van der Waals surface area contributed by atoms with Crippen LogP contribution in [0.1, 0.15) is 23.6 Å². The molecule has 0 saturated carbocycles. The average molecular weight is 327 g/mol. The molecule has 0 aromatic heterocycles. The number of ether oxygens (including phenoxy) is 2. The van der Waals surface area contributed by atoms with Crippen LogP contribution in [-0.2, 0) is 9.53 Å². The molecule has 0 radical (unpaired) electrons. The number of nitro groups is 1. The maximum Gasteiger partial charge on any atom is 0.331 e. The summed E-state index contributed by atoms with van der Waals surface area (Å²) >= 11 is 0. The molecule has 6 heteroatoms. The Labute approximate surface area is 138 Å². The van der Waals surface area contributed by atoms with Gasteiger partial charge in [0, 0.05) is 23.1 Å². The van der Waals surface area contributed by atoms with Gasteiger partial charge in [0.05, 0.1) is 16.9 Å². The van der Waals surface area contributed by atoms with Crippen molar-refractivity contribution in [3.05, 3.63) is 51.1 Å². The van der Waals surface area contributed by atoms with Gasteiger partial charge in [-0.15, -0.1) is 0 Å². The molecule has 0 amide bonds. The maximum atomic E-state index is 11.8. The molecule has 0 unspecified atom stereocenters. The van der Waals surface area contributed by atoms with Crippen molar-refractivity contribution in [2.75, 3.05) is 13.2 Å². The lowest BCUT2D eigenvalue weighted by atomic mass is 9.90. The van der Waals surface area contributed by atoms with Crippen molar-refractivity contribution in [1.82, 2.24) is 0 Å². The minimum atomic E-state index is -0.449. The number of aryl methyl sites for hydroxylation is 2. The molecule has 0 spiro atoms. The van der Waals surface area contributed by atoms with Crippen molar-refractivity contribution in [2.45, 2.75) is 20.8 Å². The molecular weight excluding hydrogens is 310 g/mol. The van der Waals surface area contributed by atoms with E-state index in [0.717, 1.165) is 11.1 Å². The van der Waals surface area contributed by atoms with E-state index in [1.165, 1.54) is 12.1 Å². The number of hydrogen-bond donors (Lipinski definition) is 0. The summed E-state index contributed by atoms with van der Waals surface area (Å²) in [6, 6.07) is 5.24. The molecule has 124 valence electrons. The van der Waals surface area contributed by atoms with E-state index < -0.39 is 5.97 Å². The molecule has 0 N–H and O–H groups in total. The smallest absolute Gasteiger partial charge is 0.331 e. The van der Waals surface area contributed by atoms with Crippen LogP contribution in [0.2, 0.25) is 0 Å². The third kappa shape index (κ3) is 2.50. The number of nitro benzene ring substituents is 1. The Hall–Kier alpha value is -2.89. The highest BCUT2D eigenvalue weighted by molar-refractivity contribution is 6.08. The van der Waals surface area contributed by atoms with Gasteiger partial charge in [-0.2, -0.15) is 0 Å². The summed E-state index contributed by atoms with van der Waals surface area (Å²) in [4.78, 5) is 22.9. The highest BCUT2D eigenvalue weighted by atomic mass is 16.6. The number of esters is 1. The quantitative estimate of drug-likeness (QED) is 0.372. The van der Waals surface area contributed by atoms with E-state index in [0.29, 0.717) is 27.7 Å². The summed E-state index contributed by atoms with van der Waals surface area (Å²) in [5, 5.41) is 12.7. The van der Waals surface area contributed by atoms with Gasteiger partial charge >= 0.3 is 5.97 Å². The molecule has 6 nitrogen and oxygen atoms in total. The Morgan fingerprint density at radius 3 is 2.75 bits per heavy atom. The average Bonchev–Trinajstić information content (AvgIpc) is 2.53. The van der Waals surface area contributed by atoms with Crippen molar-refractivity contribution in [3.63, 3.8) is 0 Å². The summed E-state index contributed by atoms with van der Waals surface area (Å²) in [6.07, 6.45) is 1.39. The van der Waals surface area contributed by atoms with Crippen LogP contribution in [0, 0.1) is 24.0 Å². The molecule has 2 aromatic rings. The van der Waals surface area contributed by atoms with Crippen molar-refractivity contribution in [3.8, 4) is 5.75 Å². The summed E-state index contributed by atoms with van der Waals surface area (Å²) in [5.74, 6) is 0.186. The molecule has 2 aromatic carbocycles. The number of hydrogen-bond acceptors (Lipinski definition) is 5. The molecule has 3 rings (SSSR count). The summed E-state index contributed by atoms with van der Waals surface area (Å²) < 4.78 is 10.8. The highest BCUT2D eigenvalue weighted by Gasteiger charge is 2.27. The fourth-order valence-corrected chi connectivity index (χ4v) is 3.08. The van der Waals surface area contributed by atoms with E-state index in [4.69, 9.17) is 9.47 Å². The van der Waals surface area contributed by atoms with Crippen LogP contribution in [0.25, 0.3) is 16.3 Å². The lowest BCUT2D eigenvalue weighted by molar-refractivity contribution is -0.383. The zero-order valence-electron chi connectivity index (χ0n) is 13.7. The number of carbonyl (C=O) groups excluding carboxylic acids is 1. The lowest BCUT2D eigenvalue weighted by Gasteiger charge is -2.23. The van der Waals surface area contributed by atoms with Crippen LogP contribution < -0.4 is 4.74 Å². The van der Waals surface area contributed by atoms with Crippen LogP contribution in [-0.4, -0.2) is 24.1 Å². The van der Waals surface area contributed by atoms with Crippen LogP contribution in [0.5, 0.6) is 5.75 Å². The Morgan fingerprint density at radius 1 is 1.33 bits per heavy atom. The Balaban J connectivity index is 2.34. The largest absolute Gasteiger partial charge is 0.488 e. The predicted molar refractivity (Wildman–Crippen MR) is 90.2 cm³/mol. The van der Waals surface area contributed by atoms with Gasteiger partial charge in [-0.3, -0.25) is 10.1 Å². The van der Waals surface area contributed by atoms with Gasteiger partial charge in [0.1, 0.15) is 12.4 Å². The maximum absolute atomic E-state index is 11.8. The number of nitrogens with zero attached hydrogens (tertiary/aromatic N) is 1. The van der Waals surface area contributed by atoms with Crippen molar-refractivity contribution in [2.24, 2.45) is 0 Å². The Bertz CT molecular complexity index is 898. The SMILES string of the molecule is CCOC(=O)C=C1COc2c(C)cc([N+](=O)[O-])c3c(C)ccc1c23.